The summed E-state index contributed by atoms with van der Waals surface area (Å²) in [5, 5.41) is 14.8. The topological polar surface area (TPSA) is 95.5 Å². The zero-order valence-corrected chi connectivity index (χ0v) is 14.0. The Morgan fingerprint density at radius 3 is 2.42 bits per heavy atom. The van der Waals surface area contributed by atoms with Crippen LogP contribution in [0, 0.1) is 11.8 Å². The third kappa shape index (κ3) is 4.57. The molecule has 0 spiro atoms. The SMILES string of the molecule is CC(C)NC(=O)c1cccc(NC(=O)[C@H]2CCCC[C@H]2C(=O)O)c1. The molecule has 2 atom stereocenters. The van der Waals surface area contributed by atoms with Crippen molar-refractivity contribution in [2.24, 2.45) is 11.8 Å². The van der Waals surface area contributed by atoms with E-state index in [0.29, 0.717) is 24.1 Å². The molecule has 1 aromatic rings. The van der Waals surface area contributed by atoms with E-state index in [-0.39, 0.29) is 17.9 Å². The number of anilines is 1. The number of rotatable bonds is 5. The molecular weight excluding hydrogens is 308 g/mol. The van der Waals surface area contributed by atoms with Gasteiger partial charge in [-0.05, 0) is 44.9 Å². The predicted molar refractivity (Wildman–Crippen MR) is 90.8 cm³/mol. The molecule has 130 valence electrons. The van der Waals surface area contributed by atoms with Crippen molar-refractivity contribution in [1.29, 1.82) is 0 Å². The maximum Gasteiger partial charge on any atom is 0.307 e. The van der Waals surface area contributed by atoms with Crippen molar-refractivity contribution in [3.05, 3.63) is 29.8 Å². The fraction of sp³-hybridized carbons (Fsp3) is 0.500. The molecule has 24 heavy (non-hydrogen) atoms. The standard InChI is InChI=1S/C18H24N2O4/c1-11(2)19-16(21)12-6-5-7-13(10-12)20-17(22)14-8-3-4-9-15(14)18(23)24/h5-7,10-11,14-15H,3-4,8-9H2,1-2H3,(H,19,21)(H,20,22)(H,23,24)/t14-,15+/m0/s1. The molecule has 1 aliphatic carbocycles. The molecule has 2 amide bonds. The van der Waals surface area contributed by atoms with Gasteiger partial charge in [0.05, 0.1) is 11.8 Å². The van der Waals surface area contributed by atoms with Crippen molar-refractivity contribution in [1.82, 2.24) is 5.32 Å². The van der Waals surface area contributed by atoms with E-state index in [1.165, 1.54) is 0 Å². The number of carboxylic acid groups (broad SMARTS) is 1. The number of carbonyl (C=O) groups is 3. The van der Waals surface area contributed by atoms with Gasteiger partial charge in [0.1, 0.15) is 0 Å². The Bertz CT molecular complexity index is 627. The van der Waals surface area contributed by atoms with Gasteiger partial charge in [0.15, 0.2) is 0 Å². The second-order valence-corrected chi connectivity index (χ2v) is 6.53. The first kappa shape index (κ1) is 18.0. The van der Waals surface area contributed by atoms with Crippen LogP contribution in [0.5, 0.6) is 0 Å². The number of hydrogen-bond donors (Lipinski definition) is 3. The van der Waals surface area contributed by atoms with Crippen LogP contribution in [0.2, 0.25) is 0 Å². The highest BCUT2D eigenvalue weighted by molar-refractivity contribution is 5.98. The molecule has 0 unspecified atom stereocenters. The molecule has 1 fully saturated rings. The number of aliphatic carboxylic acids is 1. The van der Waals surface area contributed by atoms with Crippen LogP contribution in [0.4, 0.5) is 5.69 Å². The molecule has 3 N–H and O–H groups in total. The van der Waals surface area contributed by atoms with Gasteiger partial charge in [-0.15, -0.1) is 0 Å². The third-order valence-electron chi connectivity index (χ3n) is 4.23. The average Bonchev–Trinajstić information content (AvgIpc) is 2.54. The molecule has 0 aromatic heterocycles. The van der Waals surface area contributed by atoms with Crippen LogP contribution in [-0.4, -0.2) is 28.9 Å². The summed E-state index contributed by atoms with van der Waals surface area (Å²) >= 11 is 0. The van der Waals surface area contributed by atoms with Gasteiger partial charge >= 0.3 is 5.97 Å². The van der Waals surface area contributed by atoms with Gasteiger partial charge in [-0.3, -0.25) is 14.4 Å². The van der Waals surface area contributed by atoms with E-state index in [4.69, 9.17) is 0 Å². The minimum atomic E-state index is -0.917. The van der Waals surface area contributed by atoms with Crippen LogP contribution in [0.25, 0.3) is 0 Å². The third-order valence-corrected chi connectivity index (χ3v) is 4.23. The predicted octanol–water partition coefficient (Wildman–Crippen LogP) is 2.65. The minimum Gasteiger partial charge on any atom is -0.481 e. The van der Waals surface area contributed by atoms with Gasteiger partial charge in [-0.25, -0.2) is 0 Å². The Morgan fingerprint density at radius 1 is 1.12 bits per heavy atom. The normalized spacial score (nSPS) is 20.5. The van der Waals surface area contributed by atoms with E-state index in [9.17, 15) is 19.5 Å². The molecule has 0 heterocycles. The minimum absolute atomic E-state index is 0.0225. The largest absolute Gasteiger partial charge is 0.481 e. The van der Waals surface area contributed by atoms with Crippen LogP contribution in [-0.2, 0) is 9.59 Å². The first-order valence-electron chi connectivity index (χ1n) is 8.33. The van der Waals surface area contributed by atoms with Crippen LogP contribution in [0.3, 0.4) is 0 Å². The van der Waals surface area contributed by atoms with Crippen molar-refractivity contribution < 1.29 is 19.5 Å². The first-order chi connectivity index (χ1) is 11.4. The number of hydrogen-bond acceptors (Lipinski definition) is 3. The van der Waals surface area contributed by atoms with Crippen molar-refractivity contribution in [3.63, 3.8) is 0 Å². The van der Waals surface area contributed by atoms with Crippen molar-refractivity contribution in [2.75, 3.05) is 5.32 Å². The Hall–Kier alpha value is -2.37. The second kappa shape index (κ2) is 7.95. The van der Waals surface area contributed by atoms with E-state index < -0.39 is 17.8 Å². The fourth-order valence-corrected chi connectivity index (χ4v) is 3.06. The maximum atomic E-state index is 12.5. The Kier molecular flexibility index (Phi) is 5.95. The average molecular weight is 332 g/mol. The summed E-state index contributed by atoms with van der Waals surface area (Å²) in [6.45, 7) is 3.75. The van der Waals surface area contributed by atoms with Gasteiger partial charge in [-0.2, -0.15) is 0 Å². The number of amides is 2. The van der Waals surface area contributed by atoms with Crippen molar-refractivity contribution in [2.45, 2.75) is 45.6 Å². The zero-order valence-electron chi connectivity index (χ0n) is 14.0. The quantitative estimate of drug-likeness (QED) is 0.772. The van der Waals surface area contributed by atoms with E-state index in [1.54, 1.807) is 24.3 Å². The van der Waals surface area contributed by atoms with E-state index >= 15 is 0 Å². The molecule has 1 saturated carbocycles. The van der Waals surface area contributed by atoms with Crippen LogP contribution in [0.15, 0.2) is 24.3 Å². The lowest BCUT2D eigenvalue weighted by Crippen LogP contribution is -2.36. The monoisotopic (exact) mass is 332 g/mol. The van der Waals surface area contributed by atoms with Crippen molar-refractivity contribution >= 4 is 23.5 Å². The lowest BCUT2D eigenvalue weighted by atomic mass is 9.78. The molecule has 1 aromatic carbocycles. The summed E-state index contributed by atoms with van der Waals surface area (Å²) in [5.41, 5.74) is 0.964. The lowest BCUT2D eigenvalue weighted by Gasteiger charge is -2.27. The summed E-state index contributed by atoms with van der Waals surface area (Å²) in [7, 11) is 0. The lowest BCUT2D eigenvalue weighted by molar-refractivity contribution is -0.147. The molecule has 6 nitrogen and oxygen atoms in total. The molecule has 0 bridgehead atoms. The Balaban J connectivity index is 2.08. The second-order valence-electron chi connectivity index (χ2n) is 6.53. The van der Waals surface area contributed by atoms with Crippen LogP contribution in [0.1, 0.15) is 49.9 Å². The highest BCUT2D eigenvalue weighted by Gasteiger charge is 2.35. The van der Waals surface area contributed by atoms with Gasteiger partial charge in [0.25, 0.3) is 5.91 Å². The van der Waals surface area contributed by atoms with E-state index in [1.807, 2.05) is 13.8 Å². The summed E-state index contributed by atoms with van der Waals surface area (Å²) in [5.74, 6) is -2.57. The number of carboxylic acids is 1. The number of nitrogens with one attached hydrogen (secondary N) is 2. The maximum absolute atomic E-state index is 12.5. The summed E-state index contributed by atoms with van der Waals surface area (Å²) < 4.78 is 0. The first-order valence-corrected chi connectivity index (χ1v) is 8.33. The molecule has 1 aliphatic rings. The molecule has 2 rings (SSSR count). The van der Waals surface area contributed by atoms with Crippen molar-refractivity contribution in [3.8, 4) is 0 Å². The summed E-state index contributed by atoms with van der Waals surface area (Å²) in [4.78, 5) is 35.8. The Labute approximate surface area is 141 Å². The zero-order chi connectivity index (χ0) is 17.7. The van der Waals surface area contributed by atoms with Gasteiger partial charge < -0.3 is 15.7 Å². The van der Waals surface area contributed by atoms with E-state index in [2.05, 4.69) is 10.6 Å². The van der Waals surface area contributed by atoms with Crippen LogP contribution < -0.4 is 10.6 Å². The number of carbonyl (C=O) groups excluding carboxylic acids is 2. The molecule has 0 saturated heterocycles. The highest BCUT2D eigenvalue weighted by atomic mass is 16.4. The van der Waals surface area contributed by atoms with E-state index in [0.717, 1.165) is 12.8 Å². The van der Waals surface area contributed by atoms with Gasteiger partial charge in [-0.1, -0.05) is 18.9 Å². The summed E-state index contributed by atoms with van der Waals surface area (Å²) in [6, 6.07) is 6.69. The smallest absolute Gasteiger partial charge is 0.307 e. The Morgan fingerprint density at radius 2 is 1.79 bits per heavy atom. The van der Waals surface area contributed by atoms with Gasteiger partial charge in [0, 0.05) is 17.3 Å². The molecule has 0 aliphatic heterocycles. The molecule has 0 radical (unpaired) electrons. The number of benzene rings is 1. The molecular formula is C18H24N2O4. The highest BCUT2D eigenvalue weighted by Crippen LogP contribution is 2.31. The summed E-state index contributed by atoms with van der Waals surface area (Å²) in [6.07, 6.45) is 2.81. The van der Waals surface area contributed by atoms with Crippen LogP contribution >= 0.6 is 0 Å². The molecule has 6 heteroatoms. The van der Waals surface area contributed by atoms with Gasteiger partial charge in [0.2, 0.25) is 5.91 Å². The fourth-order valence-electron chi connectivity index (χ4n) is 3.06.